The lowest BCUT2D eigenvalue weighted by molar-refractivity contribution is -0.122. The molecule has 0 saturated carbocycles. The monoisotopic (exact) mass is 366 g/mol. The van der Waals surface area contributed by atoms with E-state index in [0.29, 0.717) is 24.4 Å². The van der Waals surface area contributed by atoms with Gasteiger partial charge in [0, 0.05) is 24.3 Å². The Kier molecular flexibility index (Phi) is 5.54. The minimum absolute atomic E-state index is 0.0536. The summed E-state index contributed by atoms with van der Waals surface area (Å²) < 4.78 is 4.94. The van der Waals surface area contributed by atoms with Crippen molar-refractivity contribution in [2.24, 2.45) is 5.92 Å². The summed E-state index contributed by atoms with van der Waals surface area (Å²) >= 11 is 0. The van der Waals surface area contributed by atoms with Crippen molar-refractivity contribution in [2.45, 2.75) is 20.3 Å². The zero-order valence-electron chi connectivity index (χ0n) is 15.4. The van der Waals surface area contributed by atoms with E-state index < -0.39 is 11.9 Å². The van der Waals surface area contributed by atoms with Gasteiger partial charge in [-0.15, -0.1) is 0 Å². The Bertz CT molecular complexity index is 861. The number of hydrogen-bond acceptors (Lipinski definition) is 4. The van der Waals surface area contributed by atoms with Crippen LogP contribution >= 0.6 is 0 Å². The predicted octanol–water partition coefficient (Wildman–Crippen LogP) is 3.16. The molecule has 0 radical (unpaired) electrons. The maximum absolute atomic E-state index is 12.6. The summed E-state index contributed by atoms with van der Waals surface area (Å²) in [6.07, 6.45) is 0.182. The van der Waals surface area contributed by atoms with Crippen LogP contribution in [0.4, 0.5) is 11.4 Å². The number of ether oxygens (including phenoxy) is 1. The van der Waals surface area contributed by atoms with Gasteiger partial charge in [0.25, 0.3) is 0 Å². The molecule has 0 bridgehead atoms. The molecule has 1 aliphatic heterocycles. The average Bonchev–Trinajstić information content (AvgIpc) is 3.04. The van der Waals surface area contributed by atoms with Crippen LogP contribution in [0.1, 0.15) is 29.3 Å². The molecular formula is C21H22N2O4. The van der Waals surface area contributed by atoms with Crippen molar-refractivity contribution in [1.82, 2.24) is 0 Å². The maximum atomic E-state index is 12.6. The fraction of sp³-hybridized carbons (Fsp3) is 0.286. The van der Waals surface area contributed by atoms with E-state index in [2.05, 4.69) is 5.32 Å². The molecule has 1 atom stereocenters. The van der Waals surface area contributed by atoms with Crippen LogP contribution < -0.4 is 10.2 Å². The Morgan fingerprint density at radius 2 is 1.85 bits per heavy atom. The van der Waals surface area contributed by atoms with Crippen LogP contribution in [-0.4, -0.2) is 30.9 Å². The summed E-state index contributed by atoms with van der Waals surface area (Å²) in [5, 5.41) is 2.82. The Balaban J connectivity index is 1.64. The number of benzene rings is 2. The SMILES string of the molecule is CCOC(=O)c1ccc(NC(=O)[C@@H]2CC(=O)N(c3ccccc3C)C2)cc1. The van der Waals surface area contributed by atoms with Crippen LogP contribution in [0.3, 0.4) is 0 Å². The molecule has 0 aromatic heterocycles. The lowest BCUT2D eigenvalue weighted by Crippen LogP contribution is -2.28. The van der Waals surface area contributed by atoms with E-state index in [1.807, 2.05) is 31.2 Å². The van der Waals surface area contributed by atoms with Gasteiger partial charge in [-0.1, -0.05) is 18.2 Å². The largest absolute Gasteiger partial charge is 0.462 e. The molecule has 1 aliphatic rings. The van der Waals surface area contributed by atoms with E-state index in [1.54, 1.807) is 36.1 Å². The molecule has 1 fully saturated rings. The van der Waals surface area contributed by atoms with Crippen molar-refractivity contribution in [1.29, 1.82) is 0 Å². The molecule has 6 nitrogen and oxygen atoms in total. The number of nitrogens with zero attached hydrogens (tertiary/aromatic N) is 1. The number of nitrogens with one attached hydrogen (secondary N) is 1. The first-order valence-corrected chi connectivity index (χ1v) is 8.93. The highest BCUT2D eigenvalue weighted by Gasteiger charge is 2.35. The van der Waals surface area contributed by atoms with E-state index in [0.717, 1.165) is 11.3 Å². The van der Waals surface area contributed by atoms with Crippen molar-refractivity contribution in [3.8, 4) is 0 Å². The minimum Gasteiger partial charge on any atom is -0.462 e. The first-order chi connectivity index (χ1) is 13.0. The molecule has 1 heterocycles. The van der Waals surface area contributed by atoms with E-state index in [1.165, 1.54) is 0 Å². The summed E-state index contributed by atoms with van der Waals surface area (Å²) in [6.45, 7) is 4.36. The number of aryl methyl sites for hydroxylation is 1. The summed E-state index contributed by atoms with van der Waals surface area (Å²) in [4.78, 5) is 38.3. The number of para-hydroxylation sites is 1. The lowest BCUT2D eigenvalue weighted by atomic mass is 10.1. The molecule has 0 unspecified atom stereocenters. The molecular weight excluding hydrogens is 344 g/mol. The Morgan fingerprint density at radius 1 is 1.15 bits per heavy atom. The smallest absolute Gasteiger partial charge is 0.338 e. The second-order valence-electron chi connectivity index (χ2n) is 6.48. The zero-order chi connectivity index (χ0) is 19.4. The van der Waals surface area contributed by atoms with E-state index >= 15 is 0 Å². The molecule has 140 valence electrons. The van der Waals surface area contributed by atoms with Gasteiger partial charge in [0.15, 0.2) is 0 Å². The topological polar surface area (TPSA) is 75.7 Å². The van der Waals surface area contributed by atoms with Gasteiger partial charge in [0.1, 0.15) is 0 Å². The van der Waals surface area contributed by atoms with Gasteiger partial charge < -0.3 is 15.0 Å². The highest BCUT2D eigenvalue weighted by molar-refractivity contribution is 6.04. The van der Waals surface area contributed by atoms with Crippen molar-refractivity contribution in [2.75, 3.05) is 23.4 Å². The standard InChI is InChI=1S/C21H22N2O4/c1-3-27-21(26)15-8-10-17(11-9-15)22-20(25)16-12-19(24)23(13-16)18-7-5-4-6-14(18)2/h4-11,16H,3,12-13H2,1-2H3,(H,22,25)/t16-/m1/s1. The molecule has 6 heteroatoms. The van der Waals surface area contributed by atoms with Crippen LogP contribution in [0.15, 0.2) is 48.5 Å². The van der Waals surface area contributed by atoms with Gasteiger partial charge in [-0.2, -0.15) is 0 Å². The number of esters is 1. The van der Waals surface area contributed by atoms with Gasteiger partial charge in [0.05, 0.1) is 18.1 Å². The Labute approximate surface area is 158 Å². The molecule has 0 spiro atoms. The highest BCUT2D eigenvalue weighted by atomic mass is 16.5. The molecule has 1 saturated heterocycles. The molecule has 2 amide bonds. The van der Waals surface area contributed by atoms with E-state index in [9.17, 15) is 14.4 Å². The molecule has 1 N–H and O–H groups in total. The lowest BCUT2D eigenvalue weighted by Gasteiger charge is -2.19. The molecule has 2 aromatic rings. The fourth-order valence-electron chi connectivity index (χ4n) is 3.13. The Morgan fingerprint density at radius 3 is 2.52 bits per heavy atom. The third-order valence-corrected chi connectivity index (χ3v) is 4.57. The van der Waals surface area contributed by atoms with Crippen molar-refractivity contribution >= 4 is 29.2 Å². The van der Waals surface area contributed by atoms with Crippen molar-refractivity contribution in [3.63, 3.8) is 0 Å². The minimum atomic E-state index is -0.415. The molecule has 0 aliphatic carbocycles. The fourth-order valence-corrected chi connectivity index (χ4v) is 3.13. The van der Waals surface area contributed by atoms with E-state index in [-0.39, 0.29) is 18.2 Å². The third kappa shape index (κ3) is 4.16. The first kappa shape index (κ1) is 18.6. The van der Waals surface area contributed by atoms with Crippen molar-refractivity contribution < 1.29 is 19.1 Å². The van der Waals surface area contributed by atoms with Crippen LogP contribution in [0.2, 0.25) is 0 Å². The van der Waals surface area contributed by atoms with Crippen LogP contribution in [-0.2, 0) is 14.3 Å². The van der Waals surface area contributed by atoms with Gasteiger partial charge in [0.2, 0.25) is 11.8 Å². The Hall–Kier alpha value is -3.15. The predicted molar refractivity (Wildman–Crippen MR) is 103 cm³/mol. The second-order valence-corrected chi connectivity index (χ2v) is 6.48. The summed E-state index contributed by atoms with van der Waals surface area (Å²) in [7, 11) is 0. The van der Waals surface area contributed by atoms with Gasteiger partial charge >= 0.3 is 5.97 Å². The average molecular weight is 366 g/mol. The quantitative estimate of drug-likeness (QED) is 0.825. The van der Waals surface area contributed by atoms with E-state index in [4.69, 9.17) is 4.74 Å². The molecule has 2 aromatic carbocycles. The normalized spacial score (nSPS) is 16.3. The second kappa shape index (κ2) is 8.03. The number of carbonyl (C=O) groups excluding carboxylic acids is 3. The van der Waals surface area contributed by atoms with Gasteiger partial charge in [-0.25, -0.2) is 4.79 Å². The van der Waals surface area contributed by atoms with Crippen LogP contribution in [0.5, 0.6) is 0 Å². The van der Waals surface area contributed by atoms with Gasteiger partial charge in [-0.3, -0.25) is 9.59 Å². The van der Waals surface area contributed by atoms with Gasteiger partial charge in [-0.05, 0) is 49.7 Å². The summed E-state index contributed by atoms with van der Waals surface area (Å²) in [6, 6.07) is 14.2. The number of rotatable bonds is 5. The number of carbonyl (C=O) groups is 3. The maximum Gasteiger partial charge on any atom is 0.338 e. The number of amides is 2. The number of hydrogen-bond donors (Lipinski definition) is 1. The molecule has 3 rings (SSSR count). The highest BCUT2D eigenvalue weighted by Crippen LogP contribution is 2.28. The van der Waals surface area contributed by atoms with Crippen molar-refractivity contribution in [3.05, 3.63) is 59.7 Å². The zero-order valence-corrected chi connectivity index (χ0v) is 15.4. The summed E-state index contributed by atoms with van der Waals surface area (Å²) in [5.74, 6) is -1.07. The third-order valence-electron chi connectivity index (χ3n) is 4.57. The summed E-state index contributed by atoms with van der Waals surface area (Å²) in [5.41, 5.74) is 2.85. The number of anilines is 2. The first-order valence-electron chi connectivity index (χ1n) is 8.93. The van der Waals surface area contributed by atoms with Crippen LogP contribution in [0.25, 0.3) is 0 Å². The molecule has 27 heavy (non-hydrogen) atoms. The van der Waals surface area contributed by atoms with Crippen LogP contribution in [0, 0.1) is 12.8 Å².